The molecule has 0 heterocycles. The van der Waals surface area contributed by atoms with E-state index in [0.29, 0.717) is 17.7 Å². The van der Waals surface area contributed by atoms with Crippen LogP contribution in [-0.2, 0) is 11.8 Å². The van der Waals surface area contributed by atoms with Crippen LogP contribution >= 0.6 is 0 Å². The van der Waals surface area contributed by atoms with E-state index < -0.39 is 5.92 Å². The highest BCUT2D eigenvalue weighted by Crippen LogP contribution is 2.30. The Hall–Kier alpha value is -2.34. The molecule has 0 spiro atoms. The van der Waals surface area contributed by atoms with E-state index in [1.807, 2.05) is 12.1 Å². The Morgan fingerprint density at radius 1 is 1.13 bits per heavy atom. The number of rotatable bonds is 4. The van der Waals surface area contributed by atoms with Gasteiger partial charge in [-0.05, 0) is 41.2 Å². The Balaban J connectivity index is 2.27. The van der Waals surface area contributed by atoms with E-state index in [4.69, 9.17) is 4.74 Å². The SMILES string of the molecule is COc1ccc(F)cc1C(C#N)Cc1ccc(C(C)(C)C)cc1. The van der Waals surface area contributed by atoms with Crippen molar-refractivity contribution in [2.24, 2.45) is 0 Å². The molecule has 0 amide bonds. The Morgan fingerprint density at radius 3 is 2.30 bits per heavy atom. The van der Waals surface area contributed by atoms with Gasteiger partial charge >= 0.3 is 0 Å². The van der Waals surface area contributed by atoms with E-state index in [2.05, 4.69) is 39.0 Å². The molecule has 1 unspecified atom stereocenters. The number of nitriles is 1. The van der Waals surface area contributed by atoms with Gasteiger partial charge in [0.05, 0.1) is 19.1 Å². The highest BCUT2D eigenvalue weighted by Gasteiger charge is 2.18. The van der Waals surface area contributed by atoms with Crippen molar-refractivity contribution in [1.29, 1.82) is 5.26 Å². The summed E-state index contributed by atoms with van der Waals surface area (Å²) in [6.45, 7) is 6.49. The molecule has 0 aliphatic rings. The van der Waals surface area contributed by atoms with Gasteiger partial charge in [0.2, 0.25) is 0 Å². The number of nitrogens with zero attached hydrogens (tertiary/aromatic N) is 1. The number of hydrogen-bond acceptors (Lipinski definition) is 2. The van der Waals surface area contributed by atoms with E-state index in [9.17, 15) is 9.65 Å². The molecule has 2 aromatic rings. The summed E-state index contributed by atoms with van der Waals surface area (Å²) in [6, 6.07) is 14.8. The van der Waals surface area contributed by atoms with Crippen molar-refractivity contribution < 1.29 is 9.13 Å². The third-order valence-corrected chi connectivity index (χ3v) is 3.98. The summed E-state index contributed by atoms with van der Waals surface area (Å²) >= 11 is 0. The zero-order valence-electron chi connectivity index (χ0n) is 14.1. The molecule has 0 N–H and O–H groups in total. The number of hydrogen-bond donors (Lipinski definition) is 0. The van der Waals surface area contributed by atoms with E-state index in [1.54, 1.807) is 6.07 Å². The lowest BCUT2D eigenvalue weighted by Gasteiger charge is -2.19. The number of benzene rings is 2. The molecule has 2 nitrogen and oxygen atoms in total. The smallest absolute Gasteiger partial charge is 0.123 e. The Bertz CT molecular complexity index is 708. The number of halogens is 1. The van der Waals surface area contributed by atoms with E-state index >= 15 is 0 Å². The summed E-state index contributed by atoms with van der Waals surface area (Å²) in [4.78, 5) is 0. The monoisotopic (exact) mass is 311 g/mol. The fourth-order valence-corrected chi connectivity index (χ4v) is 2.58. The first-order valence-electron chi connectivity index (χ1n) is 7.67. The third-order valence-electron chi connectivity index (χ3n) is 3.98. The van der Waals surface area contributed by atoms with Crippen LogP contribution in [-0.4, -0.2) is 7.11 Å². The molecule has 0 saturated heterocycles. The normalized spacial score (nSPS) is 12.5. The third kappa shape index (κ3) is 4.10. The lowest BCUT2D eigenvalue weighted by Crippen LogP contribution is -2.11. The van der Waals surface area contributed by atoms with E-state index in [0.717, 1.165) is 5.56 Å². The fourth-order valence-electron chi connectivity index (χ4n) is 2.58. The van der Waals surface area contributed by atoms with Crippen LogP contribution in [0.5, 0.6) is 5.75 Å². The fraction of sp³-hybridized carbons (Fsp3) is 0.350. The van der Waals surface area contributed by atoms with Gasteiger partial charge in [0.1, 0.15) is 11.6 Å². The minimum Gasteiger partial charge on any atom is -0.496 e. The summed E-state index contributed by atoms with van der Waals surface area (Å²) in [6.07, 6.45) is 0.529. The van der Waals surface area contributed by atoms with Gasteiger partial charge in [-0.1, -0.05) is 45.0 Å². The van der Waals surface area contributed by atoms with Crippen LogP contribution in [0, 0.1) is 17.1 Å². The second-order valence-corrected chi connectivity index (χ2v) is 6.72. The maximum absolute atomic E-state index is 13.5. The molecule has 0 fully saturated rings. The van der Waals surface area contributed by atoms with Gasteiger partial charge in [0.15, 0.2) is 0 Å². The van der Waals surface area contributed by atoms with Gasteiger partial charge in [0, 0.05) is 5.56 Å². The topological polar surface area (TPSA) is 33.0 Å². The van der Waals surface area contributed by atoms with Gasteiger partial charge in [-0.25, -0.2) is 4.39 Å². The van der Waals surface area contributed by atoms with Crippen LogP contribution in [0.4, 0.5) is 4.39 Å². The molecular formula is C20H22FNO. The molecule has 0 aliphatic carbocycles. The van der Waals surface area contributed by atoms with Crippen molar-refractivity contribution in [3.63, 3.8) is 0 Å². The number of ether oxygens (including phenoxy) is 1. The maximum atomic E-state index is 13.5. The quantitative estimate of drug-likeness (QED) is 0.797. The van der Waals surface area contributed by atoms with Crippen molar-refractivity contribution in [3.05, 3.63) is 65.0 Å². The average molecular weight is 311 g/mol. The second-order valence-electron chi connectivity index (χ2n) is 6.72. The number of methoxy groups -OCH3 is 1. The Morgan fingerprint density at radius 2 is 1.78 bits per heavy atom. The second kappa shape index (κ2) is 6.83. The zero-order chi connectivity index (χ0) is 17.0. The van der Waals surface area contributed by atoms with Crippen molar-refractivity contribution in [3.8, 4) is 11.8 Å². The van der Waals surface area contributed by atoms with Crippen LogP contribution < -0.4 is 4.74 Å². The van der Waals surface area contributed by atoms with Gasteiger partial charge in [-0.2, -0.15) is 5.26 Å². The Kier molecular flexibility index (Phi) is 5.05. The molecule has 0 bridgehead atoms. The van der Waals surface area contributed by atoms with E-state index in [-0.39, 0.29) is 11.2 Å². The molecule has 2 aromatic carbocycles. The first kappa shape index (κ1) is 17.0. The molecule has 3 heteroatoms. The largest absolute Gasteiger partial charge is 0.496 e. The molecule has 2 rings (SSSR count). The molecule has 1 atom stereocenters. The molecule has 0 saturated carbocycles. The van der Waals surface area contributed by atoms with Crippen LogP contribution in [0.15, 0.2) is 42.5 Å². The van der Waals surface area contributed by atoms with Crippen molar-refractivity contribution in [2.75, 3.05) is 7.11 Å². The average Bonchev–Trinajstić information content (AvgIpc) is 2.52. The zero-order valence-corrected chi connectivity index (χ0v) is 14.1. The molecule has 120 valence electrons. The first-order valence-corrected chi connectivity index (χ1v) is 7.67. The van der Waals surface area contributed by atoms with Crippen molar-refractivity contribution in [1.82, 2.24) is 0 Å². The summed E-state index contributed by atoms with van der Waals surface area (Å²) in [5.74, 6) is -0.255. The van der Waals surface area contributed by atoms with Gasteiger partial charge in [-0.3, -0.25) is 0 Å². The van der Waals surface area contributed by atoms with Crippen LogP contribution in [0.2, 0.25) is 0 Å². The highest BCUT2D eigenvalue weighted by atomic mass is 19.1. The summed E-state index contributed by atoms with van der Waals surface area (Å²) < 4.78 is 18.8. The van der Waals surface area contributed by atoms with Crippen LogP contribution in [0.25, 0.3) is 0 Å². The van der Waals surface area contributed by atoms with E-state index in [1.165, 1.54) is 24.8 Å². The predicted molar refractivity (Wildman–Crippen MR) is 90.2 cm³/mol. The summed E-state index contributed by atoms with van der Waals surface area (Å²) in [7, 11) is 1.53. The minimum atomic E-state index is -0.443. The standard InChI is InChI=1S/C20H22FNO/c1-20(2,3)16-7-5-14(6-8-16)11-15(13-22)18-12-17(21)9-10-19(18)23-4/h5-10,12,15H,11H2,1-4H3. The first-order chi connectivity index (χ1) is 10.8. The summed E-state index contributed by atoms with van der Waals surface area (Å²) in [5.41, 5.74) is 2.99. The molecule has 0 radical (unpaired) electrons. The molecule has 0 aliphatic heterocycles. The highest BCUT2D eigenvalue weighted by molar-refractivity contribution is 5.41. The summed E-state index contributed by atoms with van der Waals surface area (Å²) in [5, 5.41) is 9.51. The maximum Gasteiger partial charge on any atom is 0.123 e. The lowest BCUT2D eigenvalue weighted by atomic mass is 9.85. The Labute approximate surface area is 137 Å². The predicted octanol–water partition coefficient (Wildman–Crippen LogP) is 4.98. The van der Waals surface area contributed by atoms with Gasteiger partial charge < -0.3 is 4.74 Å². The molecule has 23 heavy (non-hydrogen) atoms. The minimum absolute atomic E-state index is 0.0962. The molecular weight excluding hydrogens is 289 g/mol. The van der Waals surface area contributed by atoms with Crippen LogP contribution in [0.3, 0.4) is 0 Å². The van der Waals surface area contributed by atoms with Gasteiger partial charge in [0.25, 0.3) is 0 Å². The lowest BCUT2D eigenvalue weighted by molar-refractivity contribution is 0.406. The molecule has 0 aromatic heterocycles. The van der Waals surface area contributed by atoms with Gasteiger partial charge in [-0.15, -0.1) is 0 Å². The van der Waals surface area contributed by atoms with Crippen LogP contribution in [0.1, 0.15) is 43.4 Å². The van der Waals surface area contributed by atoms with Crippen molar-refractivity contribution >= 4 is 0 Å². The van der Waals surface area contributed by atoms with Crippen molar-refractivity contribution in [2.45, 2.75) is 38.5 Å².